The van der Waals surface area contributed by atoms with Crippen LogP contribution in [0.2, 0.25) is 5.02 Å². The number of esters is 1. The summed E-state index contributed by atoms with van der Waals surface area (Å²) < 4.78 is 15.3. The molecule has 0 spiro atoms. The number of carbonyl (C=O) groups is 2. The molecular formula is C22H24ClNO5. The van der Waals surface area contributed by atoms with E-state index in [0.717, 1.165) is 5.56 Å². The maximum atomic E-state index is 11.9. The molecule has 0 saturated heterocycles. The summed E-state index contributed by atoms with van der Waals surface area (Å²) in [7, 11) is 2.98. The maximum absolute atomic E-state index is 11.9. The molecule has 0 fully saturated rings. The van der Waals surface area contributed by atoms with E-state index in [1.165, 1.54) is 26.4 Å². The fraction of sp³-hybridized carbons (Fsp3) is 0.273. The number of hydrogen-bond acceptors (Lipinski definition) is 5. The Morgan fingerprint density at radius 1 is 1.14 bits per heavy atom. The van der Waals surface area contributed by atoms with Crippen molar-refractivity contribution in [1.29, 1.82) is 0 Å². The van der Waals surface area contributed by atoms with E-state index >= 15 is 0 Å². The molecule has 0 aliphatic carbocycles. The average Bonchev–Trinajstić information content (AvgIpc) is 2.74. The van der Waals surface area contributed by atoms with Crippen molar-refractivity contribution < 1.29 is 23.8 Å². The molecule has 2 rings (SSSR count). The number of carbonyl (C=O) groups excluding carboxylic acids is 2. The Morgan fingerprint density at radius 3 is 2.52 bits per heavy atom. The minimum atomic E-state index is -0.637. The van der Waals surface area contributed by atoms with Crippen LogP contribution in [0, 0.1) is 0 Å². The van der Waals surface area contributed by atoms with Crippen LogP contribution in [0.25, 0.3) is 6.08 Å². The lowest BCUT2D eigenvalue weighted by atomic mass is 10.0. The van der Waals surface area contributed by atoms with Crippen LogP contribution in [-0.4, -0.2) is 39.2 Å². The first-order chi connectivity index (χ1) is 13.9. The van der Waals surface area contributed by atoms with Crippen LogP contribution in [0.1, 0.15) is 24.0 Å². The molecular weight excluding hydrogens is 394 g/mol. The van der Waals surface area contributed by atoms with E-state index in [9.17, 15) is 9.59 Å². The van der Waals surface area contributed by atoms with Gasteiger partial charge in [-0.1, -0.05) is 48.9 Å². The van der Waals surface area contributed by atoms with Crippen molar-refractivity contribution >= 4 is 29.6 Å². The molecule has 0 unspecified atom stereocenters. The Morgan fingerprint density at radius 2 is 1.86 bits per heavy atom. The van der Waals surface area contributed by atoms with E-state index in [-0.39, 0.29) is 18.4 Å². The molecule has 0 radical (unpaired) electrons. The van der Waals surface area contributed by atoms with Gasteiger partial charge in [-0.3, -0.25) is 4.79 Å². The Kier molecular flexibility index (Phi) is 8.55. The number of halogens is 1. The Labute approximate surface area is 175 Å². The fourth-order valence-corrected chi connectivity index (χ4v) is 2.90. The number of methoxy groups -OCH3 is 2. The number of nitrogens with one attached hydrogen (secondary N) is 1. The summed E-state index contributed by atoms with van der Waals surface area (Å²) in [4.78, 5) is 23.8. The summed E-state index contributed by atoms with van der Waals surface area (Å²) in [6, 6.07) is 13.2. The molecule has 1 N–H and O–H groups in total. The first-order valence-electron chi connectivity index (χ1n) is 9.02. The first kappa shape index (κ1) is 22.3. The standard InChI is InChI=1S/C22H24ClNO5/c1-15(17-7-5-4-6-8-17)13-24-20(25)14-29-21(26)10-9-16-11-18(23)22(28-3)19(12-16)27-2/h4-12,15H,13-14H2,1-3H3,(H,24,25)/b10-9+/t15-/m1/s1. The molecule has 0 bridgehead atoms. The second-order valence-electron chi connectivity index (χ2n) is 6.30. The van der Waals surface area contributed by atoms with E-state index in [4.69, 9.17) is 25.8 Å². The topological polar surface area (TPSA) is 73.9 Å². The fourth-order valence-electron chi connectivity index (χ4n) is 2.60. The van der Waals surface area contributed by atoms with Gasteiger partial charge < -0.3 is 19.5 Å². The zero-order valence-electron chi connectivity index (χ0n) is 16.6. The summed E-state index contributed by atoms with van der Waals surface area (Å²) in [6.07, 6.45) is 2.74. The predicted molar refractivity (Wildman–Crippen MR) is 112 cm³/mol. The highest BCUT2D eigenvalue weighted by Gasteiger charge is 2.11. The van der Waals surface area contributed by atoms with Gasteiger partial charge in [0.2, 0.25) is 0 Å². The predicted octanol–water partition coefficient (Wildman–Crippen LogP) is 3.83. The molecule has 0 aromatic heterocycles. The molecule has 0 heterocycles. The second-order valence-corrected chi connectivity index (χ2v) is 6.70. The van der Waals surface area contributed by atoms with Crippen LogP contribution in [0.15, 0.2) is 48.5 Å². The molecule has 1 atom stereocenters. The number of amides is 1. The molecule has 0 saturated carbocycles. The third kappa shape index (κ3) is 6.84. The smallest absolute Gasteiger partial charge is 0.331 e. The Bertz CT molecular complexity index is 867. The summed E-state index contributed by atoms with van der Waals surface area (Å²) >= 11 is 6.13. The van der Waals surface area contributed by atoms with Gasteiger partial charge in [0.05, 0.1) is 19.2 Å². The zero-order valence-corrected chi connectivity index (χ0v) is 17.4. The Hall–Kier alpha value is -2.99. The third-order valence-electron chi connectivity index (χ3n) is 4.19. The van der Waals surface area contributed by atoms with Gasteiger partial charge in [0.15, 0.2) is 18.1 Å². The highest BCUT2D eigenvalue weighted by molar-refractivity contribution is 6.32. The van der Waals surface area contributed by atoms with E-state index in [1.807, 2.05) is 37.3 Å². The minimum absolute atomic E-state index is 0.158. The summed E-state index contributed by atoms with van der Waals surface area (Å²) in [5.74, 6) is 0.0200. The molecule has 7 heteroatoms. The lowest BCUT2D eigenvalue weighted by Crippen LogP contribution is -2.31. The van der Waals surface area contributed by atoms with Gasteiger partial charge in [0, 0.05) is 12.6 Å². The lowest BCUT2D eigenvalue weighted by Gasteiger charge is -2.13. The molecule has 154 valence electrons. The van der Waals surface area contributed by atoms with E-state index < -0.39 is 5.97 Å². The monoisotopic (exact) mass is 417 g/mol. The lowest BCUT2D eigenvalue weighted by molar-refractivity contribution is -0.143. The quantitative estimate of drug-likeness (QED) is 0.495. The minimum Gasteiger partial charge on any atom is -0.493 e. The van der Waals surface area contributed by atoms with Crippen molar-refractivity contribution in [3.8, 4) is 11.5 Å². The van der Waals surface area contributed by atoms with Gasteiger partial charge in [-0.05, 0) is 35.3 Å². The molecule has 0 aliphatic rings. The van der Waals surface area contributed by atoms with Crippen LogP contribution in [0.4, 0.5) is 0 Å². The van der Waals surface area contributed by atoms with Crippen molar-refractivity contribution in [1.82, 2.24) is 5.32 Å². The highest BCUT2D eigenvalue weighted by Crippen LogP contribution is 2.36. The molecule has 29 heavy (non-hydrogen) atoms. The molecule has 2 aromatic carbocycles. The molecule has 2 aromatic rings. The second kappa shape index (κ2) is 11.1. The number of hydrogen-bond donors (Lipinski definition) is 1. The number of ether oxygens (including phenoxy) is 3. The molecule has 6 nitrogen and oxygen atoms in total. The molecule has 1 amide bonds. The van der Waals surface area contributed by atoms with Gasteiger partial charge in [-0.25, -0.2) is 4.79 Å². The number of rotatable bonds is 9. The highest BCUT2D eigenvalue weighted by atomic mass is 35.5. The van der Waals surface area contributed by atoms with Gasteiger partial charge in [-0.2, -0.15) is 0 Å². The SMILES string of the molecule is COc1cc(/C=C/C(=O)OCC(=O)NC[C@@H](C)c2ccccc2)cc(Cl)c1OC. The third-order valence-corrected chi connectivity index (χ3v) is 4.47. The Balaban J connectivity index is 1.82. The largest absolute Gasteiger partial charge is 0.493 e. The van der Waals surface area contributed by atoms with Crippen molar-refractivity contribution in [2.45, 2.75) is 12.8 Å². The summed E-state index contributed by atoms with van der Waals surface area (Å²) in [5, 5.41) is 3.11. The zero-order chi connectivity index (χ0) is 21.2. The average molecular weight is 418 g/mol. The van der Waals surface area contributed by atoms with E-state index in [2.05, 4.69) is 5.32 Å². The van der Waals surface area contributed by atoms with Crippen molar-refractivity contribution in [3.05, 3.63) is 64.7 Å². The van der Waals surface area contributed by atoms with Crippen molar-refractivity contribution in [2.24, 2.45) is 0 Å². The van der Waals surface area contributed by atoms with E-state index in [1.54, 1.807) is 12.1 Å². The van der Waals surface area contributed by atoms with Crippen LogP contribution in [0.3, 0.4) is 0 Å². The van der Waals surface area contributed by atoms with Crippen LogP contribution < -0.4 is 14.8 Å². The van der Waals surface area contributed by atoms with Gasteiger partial charge >= 0.3 is 5.97 Å². The number of benzene rings is 2. The van der Waals surface area contributed by atoms with Gasteiger partial charge in [0.1, 0.15) is 0 Å². The van der Waals surface area contributed by atoms with Crippen molar-refractivity contribution in [3.63, 3.8) is 0 Å². The maximum Gasteiger partial charge on any atom is 0.331 e. The first-order valence-corrected chi connectivity index (χ1v) is 9.40. The van der Waals surface area contributed by atoms with Crippen LogP contribution in [0.5, 0.6) is 11.5 Å². The molecule has 0 aliphatic heterocycles. The van der Waals surface area contributed by atoms with Gasteiger partial charge in [-0.15, -0.1) is 0 Å². The normalized spacial score (nSPS) is 11.7. The van der Waals surface area contributed by atoms with E-state index in [0.29, 0.717) is 28.6 Å². The van der Waals surface area contributed by atoms with Crippen LogP contribution in [-0.2, 0) is 14.3 Å². The van der Waals surface area contributed by atoms with Gasteiger partial charge in [0.25, 0.3) is 5.91 Å². The summed E-state index contributed by atoms with van der Waals surface area (Å²) in [6.45, 7) is 2.12. The van der Waals surface area contributed by atoms with Crippen LogP contribution >= 0.6 is 11.6 Å². The van der Waals surface area contributed by atoms with Crippen molar-refractivity contribution in [2.75, 3.05) is 27.4 Å². The summed E-state index contributed by atoms with van der Waals surface area (Å²) in [5.41, 5.74) is 1.76.